The summed E-state index contributed by atoms with van der Waals surface area (Å²) in [6, 6.07) is 3.61. The molecule has 1 heterocycles. The number of rotatable bonds is 3. The van der Waals surface area contributed by atoms with E-state index in [0.29, 0.717) is 0 Å². The third-order valence-electron chi connectivity index (χ3n) is 3.19. The maximum atomic E-state index is 13.0. The van der Waals surface area contributed by atoms with Gasteiger partial charge in [-0.2, -0.15) is 0 Å². The van der Waals surface area contributed by atoms with E-state index in [-0.39, 0.29) is 36.6 Å². The Kier molecular flexibility index (Phi) is 6.32. The molecule has 1 fully saturated rings. The van der Waals surface area contributed by atoms with Crippen LogP contribution in [0.1, 0.15) is 6.92 Å². The lowest BCUT2D eigenvalue weighted by Crippen LogP contribution is -2.51. The molecule has 1 aliphatic rings. The summed E-state index contributed by atoms with van der Waals surface area (Å²) < 4.78 is 25.8. The van der Waals surface area contributed by atoms with Crippen LogP contribution in [0.3, 0.4) is 0 Å². The average Bonchev–Trinajstić information content (AvgIpc) is 2.37. The lowest BCUT2D eigenvalue weighted by molar-refractivity contribution is -0.118. The van der Waals surface area contributed by atoms with Gasteiger partial charge in [0.2, 0.25) is 5.91 Å². The van der Waals surface area contributed by atoms with Gasteiger partial charge in [-0.3, -0.25) is 9.69 Å². The van der Waals surface area contributed by atoms with Gasteiger partial charge >= 0.3 is 0 Å². The first-order chi connectivity index (χ1) is 9.06. The number of amides is 1. The molecule has 1 saturated heterocycles. The number of nitrogens with one attached hydrogen (secondary N) is 2. The molecule has 0 aromatic heterocycles. The van der Waals surface area contributed by atoms with Gasteiger partial charge in [-0.05, 0) is 19.1 Å². The predicted molar refractivity (Wildman–Crippen MR) is 76.1 cm³/mol. The second-order valence-electron chi connectivity index (χ2n) is 4.70. The first kappa shape index (κ1) is 16.8. The summed E-state index contributed by atoms with van der Waals surface area (Å²) in [6.45, 7) is 4.78. The quantitative estimate of drug-likeness (QED) is 0.892. The summed E-state index contributed by atoms with van der Waals surface area (Å²) in [4.78, 5) is 13.9. The van der Waals surface area contributed by atoms with Crippen molar-refractivity contribution in [1.82, 2.24) is 10.2 Å². The Morgan fingerprint density at radius 2 is 2.20 bits per heavy atom. The van der Waals surface area contributed by atoms with Gasteiger partial charge < -0.3 is 10.6 Å². The first-order valence-corrected chi connectivity index (χ1v) is 6.26. The molecule has 0 aliphatic carbocycles. The molecule has 0 spiro atoms. The van der Waals surface area contributed by atoms with Crippen LogP contribution in [0.15, 0.2) is 18.2 Å². The van der Waals surface area contributed by atoms with E-state index in [1.807, 2.05) is 11.8 Å². The number of benzene rings is 1. The second kappa shape index (κ2) is 7.52. The largest absolute Gasteiger partial charge is 0.325 e. The van der Waals surface area contributed by atoms with Crippen molar-refractivity contribution in [3.05, 3.63) is 29.8 Å². The number of hydrogen-bond donors (Lipinski definition) is 2. The van der Waals surface area contributed by atoms with Crippen molar-refractivity contribution < 1.29 is 13.6 Å². The Hall–Kier alpha value is -1.24. The molecule has 4 nitrogen and oxygen atoms in total. The Morgan fingerprint density at radius 3 is 2.85 bits per heavy atom. The molecule has 1 aromatic carbocycles. The number of carbonyl (C=O) groups excluding carboxylic acids is 1. The minimum absolute atomic E-state index is 0. The Balaban J connectivity index is 0.00000200. The molecular weight excluding hydrogens is 288 g/mol. The maximum Gasteiger partial charge on any atom is 0.238 e. The summed E-state index contributed by atoms with van der Waals surface area (Å²) >= 11 is 0. The SMILES string of the molecule is C[C@H]1CNCCN1CC(=O)Nc1ccc(F)c(F)c1.Cl. The van der Waals surface area contributed by atoms with Gasteiger partial charge in [-0.15, -0.1) is 12.4 Å². The molecule has 1 aliphatic heterocycles. The third kappa shape index (κ3) is 4.40. The van der Waals surface area contributed by atoms with Crippen molar-refractivity contribution in [2.45, 2.75) is 13.0 Å². The molecule has 1 atom stereocenters. The molecule has 20 heavy (non-hydrogen) atoms. The summed E-state index contributed by atoms with van der Waals surface area (Å²) in [5, 5.41) is 5.81. The second-order valence-corrected chi connectivity index (χ2v) is 4.70. The summed E-state index contributed by atoms with van der Waals surface area (Å²) in [5.41, 5.74) is 0.270. The van der Waals surface area contributed by atoms with Crippen LogP contribution in [0, 0.1) is 11.6 Å². The molecule has 0 radical (unpaired) electrons. The zero-order chi connectivity index (χ0) is 13.8. The van der Waals surface area contributed by atoms with Crippen LogP contribution < -0.4 is 10.6 Å². The number of anilines is 1. The summed E-state index contributed by atoms with van der Waals surface area (Å²) in [6.07, 6.45) is 0. The molecule has 0 unspecified atom stereocenters. The first-order valence-electron chi connectivity index (χ1n) is 6.26. The summed E-state index contributed by atoms with van der Waals surface area (Å²) in [5.74, 6) is -2.11. The van der Waals surface area contributed by atoms with Crippen LogP contribution in [0.25, 0.3) is 0 Å². The smallest absolute Gasteiger partial charge is 0.238 e. The molecule has 7 heteroatoms. The molecule has 0 saturated carbocycles. The van der Waals surface area contributed by atoms with E-state index in [2.05, 4.69) is 10.6 Å². The number of hydrogen-bond acceptors (Lipinski definition) is 3. The molecule has 112 valence electrons. The van der Waals surface area contributed by atoms with E-state index in [9.17, 15) is 13.6 Å². The average molecular weight is 306 g/mol. The van der Waals surface area contributed by atoms with Crippen molar-refractivity contribution in [3.8, 4) is 0 Å². The maximum absolute atomic E-state index is 13.0. The summed E-state index contributed by atoms with van der Waals surface area (Å²) in [7, 11) is 0. The van der Waals surface area contributed by atoms with Crippen LogP contribution in [0.5, 0.6) is 0 Å². The highest BCUT2D eigenvalue weighted by Gasteiger charge is 2.20. The molecule has 2 rings (SSSR count). The van der Waals surface area contributed by atoms with Crippen LogP contribution >= 0.6 is 12.4 Å². The molecule has 0 bridgehead atoms. The fraction of sp³-hybridized carbons (Fsp3) is 0.462. The normalized spacial score (nSPS) is 19.2. The lowest BCUT2D eigenvalue weighted by atomic mass is 10.2. The molecular formula is C13H18ClF2N3O. The van der Waals surface area contributed by atoms with Crippen molar-refractivity contribution in [2.24, 2.45) is 0 Å². The van der Waals surface area contributed by atoms with Crippen LogP contribution in [-0.2, 0) is 4.79 Å². The highest BCUT2D eigenvalue weighted by Crippen LogP contribution is 2.13. The zero-order valence-electron chi connectivity index (χ0n) is 11.2. The van der Waals surface area contributed by atoms with Crippen LogP contribution in [-0.4, -0.2) is 43.0 Å². The van der Waals surface area contributed by atoms with Gasteiger partial charge in [0.15, 0.2) is 11.6 Å². The number of nitrogens with zero attached hydrogens (tertiary/aromatic N) is 1. The van der Waals surface area contributed by atoms with Crippen molar-refractivity contribution in [1.29, 1.82) is 0 Å². The molecule has 2 N–H and O–H groups in total. The van der Waals surface area contributed by atoms with Gasteiger partial charge in [0.25, 0.3) is 0 Å². The Morgan fingerprint density at radius 1 is 1.45 bits per heavy atom. The molecule has 1 amide bonds. The molecule has 1 aromatic rings. The van der Waals surface area contributed by atoms with Gasteiger partial charge in [-0.25, -0.2) is 8.78 Å². The standard InChI is InChI=1S/C13H17F2N3O.ClH/c1-9-7-16-4-5-18(9)8-13(19)17-10-2-3-11(14)12(15)6-10;/h2-3,6,9,16H,4-5,7-8H2,1H3,(H,17,19);1H/t9-;/m0./s1. The minimum Gasteiger partial charge on any atom is -0.325 e. The number of piperazine rings is 1. The topological polar surface area (TPSA) is 44.4 Å². The van der Waals surface area contributed by atoms with Gasteiger partial charge in [0.05, 0.1) is 6.54 Å². The van der Waals surface area contributed by atoms with Crippen molar-refractivity contribution in [3.63, 3.8) is 0 Å². The Bertz CT molecular complexity index is 473. The zero-order valence-corrected chi connectivity index (χ0v) is 12.0. The lowest BCUT2D eigenvalue weighted by Gasteiger charge is -2.33. The highest BCUT2D eigenvalue weighted by atomic mass is 35.5. The van der Waals surface area contributed by atoms with E-state index in [1.54, 1.807) is 0 Å². The van der Waals surface area contributed by atoms with E-state index in [4.69, 9.17) is 0 Å². The fourth-order valence-electron chi connectivity index (χ4n) is 2.08. The van der Waals surface area contributed by atoms with Crippen LogP contribution in [0.2, 0.25) is 0 Å². The predicted octanol–water partition coefficient (Wildman–Crippen LogP) is 1.62. The van der Waals surface area contributed by atoms with Crippen molar-refractivity contribution in [2.75, 3.05) is 31.5 Å². The van der Waals surface area contributed by atoms with Gasteiger partial charge in [0, 0.05) is 37.4 Å². The van der Waals surface area contributed by atoms with Crippen LogP contribution in [0.4, 0.5) is 14.5 Å². The highest BCUT2D eigenvalue weighted by molar-refractivity contribution is 5.92. The van der Waals surface area contributed by atoms with Gasteiger partial charge in [-0.1, -0.05) is 0 Å². The third-order valence-corrected chi connectivity index (χ3v) is 3.19. The fourth-order valence-corrected chi connectivity index (χ4v) is 2.08. The number of carbonyl (C=O) groups is 1. The van der Waals surface area contributed by atoms with E-state index in [0.717, 1.165) is 31.8 Å². The Labute approximate surface area is 122 Å². The van der Waals surface area contributed by atoms with E-state index >= 15 is 0 Å². The van der Waals surface area contributed by atoms with E-state index < -0.39 is 11.6 Å². The van der Waals surface area contributed by atoms with E-state index in [1.165, 1.54) is 6.07 Å². The van der Waals surface area contributed by atoms with Crippen molar-refractivity contribution >= 4 is 24.0 Å². The monoisotopic (exact) mass is 305 g/mol. The van der Waals surface area contributed by atoms with Gasteiger partial charge in [0.1, 0.15) is 0 Å². The number of halogens is 3. The minimum atomic E-state index is -0.964.